The van der Waals surface area contributed by atoms with E-state index in [-0.39, 0.29) is 11.9 Å². The van der Waals surface area contributed by atoms with E-state index >= 15 is 0 Å². The Morgan fingerprint density at radius 1 is 1.10 bits per heavy atom. The SMILES string of the molecule is Cc1noc(C)c1COc1ccc(CC(=O)N(Cc2ccccc2)C(C)C2CC2)cc1. The molecule has 5 nitrogen and oxygen atoms in total. The van der Waals surface area contributed by atoms with E-state index in [4.69, 9.17) is 9.26 Å². The summed E-state index contributed by atoms with van der Waals surface area (Å²) in [4.78, 5) is 15.3. The Morgan fingerprint density at radius 3 is 2.42 bits per heavy atom. The number of aryl methyl sites for hydroxylation is 2. The summed E-state index contributed by atoms with van der Waals surface area (Å²) in [5.74, 6) is 2.35. The lowest BCUT2D eigenvalue weighted by Gasteiger charge is -2.30. The van der Waals surface area contributed by atoms with Gasteiger partial charge in [0.25, 0.3) is 0 Å². The number of rotatable bonds is 9. The fourth-order valence-electron chi connectivity index (χ4n) is 3.92. The number of aromatic nitrogens is 1. The summed E-state index contributed by atoms with van der Waals surface area (Å²) >= 11 is 0. The Balaban J connectivity index is 1.38. The molecule has 1 aliphatic rings. The third-order valence-corrected chi connectivity index (χ3v) is 6.16. The molecule has 1 unspecified atom stereocenters. The number of carbonyl (C=O) groups excluding carboxylic acids is 1. The Bertz CT molecular complexity index is 987. The van der Waals surface area contributed by atoms with Crippen molar-refractivity contribution >= 4 is 5.91 Å². The molecule has 1 fully saturated rings. The first-order chi connectivity index (χ1) is 15.0. The highest BCUT2D eigenvalue weighted by Gasteiger charge is 2.34. The van der Waals surface area contributed by atoms with Gasteiger partial charge in [-0.2, -0.15) is 0 Å². The van der Waals surface area contributed by atoms with Crippen LogP contribution in [0.3, 0.4) is 0 Å². The van der Waals surface area contributed by atoms with Crippen molar-refractivity contribution in [3.63, 3.8) is 0 Å². The predicted octanol–water partition coefficient (Wildman–Crippen LogP) is 5.24. The van der Waals surface area contributed by atoms with E-state index < -0.39 is 0 Å². The van der Waals surface area contributed by atoms with Crippen LogP contribution in [0.5, 0.6) is 5.75 Å². The number of benzene rings is 2. The van der Waals surface area contributed by atoms with Crippen LogP contribution in [0, 0.1) is 19.8 Å². The molecular formula is C26H30N2O3. The van der Waals surface area contributed by atoms with E-state index in [9.17, 15) is 4.79 Å². The molecule has 0 saturated heterocycles. The van der Waals surface area contributed by atoms with Gasteiger partial charge in [0.1, 0.15) is 18.1 Å². The monoisotopic (exact) mass is 418 g/mol. The third-order valence-electron chi connectivity index (χ3n) is 6.16. The molecule has 3 aromatic rings. The van der Waals surface area contributed by atoms with Crippen LogP contribution >= 0.6 is 0 Å². The van der Waals surface area contributed by atoms with Gasteiger partial charge in [-0.1, -0.05) is 47.6 Å². The molecule has 1 saturated carbocycles. The van der Waals surface area contributed by atoms with Gasteiger partial charge in [0.05, 0.1) is 17.7 Å². The summed E-state index contributed by atoms with van der Waals surface area (Å²) in [6.45, 7) is 7.06. The number of carbonyl (C=O) groups is 1. The molecule has 1 aromatic heterocycles. The lowest BCUT2D eigenvalue weighted by atomic mass is 10.1. The van der Waals surface area contributed by atoms with Gasteiger partial charge in [-0.25, -0.2) is 0 Å². The van der Waals surface area contributed by atoms with Gasteiger partial charge in [-0.3, -0.25) is 4.79 Å². The fourth-order valence-corrected chi connectivity index (χ4v) is 3.92. The number of hydrogen-bond donors (Lipinski definition) is 0. The van der Waals surface area contributed by atoms with Gasteiger partial charge in [0.15, 0.2) is 0 Å². The van der Waals surface area contributed by atoms with E-state index in [1.807, 2.05) is 56.3 Å². The highest BCUT2D eigenvalue weighted by molar-refractivity contribution is 5.79. The van der Waals surface area contributed by atoms with Crippen molar-refractivity contribution in [1.82, 2.24) is 10.1 Å². The molecule has 0 N–H and O–H groups in total. The summed E-state index contributed by atoms with van der Waals surface area (Å²) in [5, 5.41) is 3.96. The minimum Gasteiger partial charge on any atom is -0.489 e. The van der Waals surface area contributed by atoms with Crippen molar-refractivity contribution in [3.05, 3.63) is 82.7 Å². The predicted molar refractivity (Wildman–Crippen MR) is 120 cm³/mol. The second-order valence-corrected chi connectivity index (χ2v) is 8.50. The normalized spacial score (nSPS) is 14.3. The summed E-state index contributed by atoms with van der Waals surface area (Å²) in [7, 11) is 0. The maximum atomic E-state index is 13.2. The first kappa shape index (κ1) is 21.2. The van der Waals surface area contributed by atoms with Crippen LogP contribution in [0.1, 0.15) is 47.9 Å². The summed E-state index contributed by atoms with van der Waals surface area (Å²) in [6, 6.07) is 18.3. The smallest absolute Gasteiger partial charge is 0.227 e. The molecule has 2 aromatic carbocycles. The van der Waals surface area contributed by atoms with Crippen molar-refractivity contribution in [1.29, 1.82) is 0 Å². The van der Waals surface area contributed by atoms with Crippen molar-refractivity contribution in [2.75, 3.05) is 0 Å². The van der Waals surface area contributed by atoms with Crippen molar-refractivity contribution in [2.24, 2.45) is 5.92 Å². The van der Waals surface area contributed by atoms with Crippen LogP contribution in [0.2, 0.25) is 0 Å². The van der Waals surface area contributed by atoms with Crippen molar-refractivity contribution in [2.45, 2.75) is 59.2 Å². The van der Waals surface area contributed by atoms with Crippen LogP contribution in [-0.4, -0.2) is 22.0 Å². The zero-order valence-electron chi connectivity index (χ0n) is 18.5. The van der Waals surface area contributed by atoms with E-state index in [2.05, 4.69) is 29.1 Å². The highest BCUT2D eigenvalue weighted by atomic mass is 16.5. The largest absolute Gasteiger partial charge is 0.489 e. The van der Waals surface area contributed by atoms with Crippen LogP contribution in [0.25, 0.3) is 0 Å². The Morgan fingerprint density at radius 2 is 1.81 bits per heavy atom. The average molecular weight is 419 g/mol. The van der Waals surface area contributed by atoms with Gasteiger partial charge in [-0.15, -0.1) is 0 Å². The molecule has 1 aliphatic carbocycles. The van der Waals surface area contributed by atoms with Crippen LogP contribution in [-0.2, 0) is 24.4 Å². The van der Waals surface area contributed by atoms with Gasteiger partial charge in [0, 0.05) is 12.6 Å². The summed E-state index contributed by atoms with van der Waals surface area (Å²) in [5.41, 5.74) is 4.00. The molecule has 31 heavy (non-hydrogen) atoms. The molecule has 1 amide bonds. The van der Waals surface area contributed by atoms with E-state index in [0.29, 0.717) is 25.5 Å². The second kappa shape index (κ2) is 9.38. The maximum Gasteiger partial charge on any atom is 0.227 e. The summed E-state index contributed by atoms with van der Waals surface area (Å²) in [6.07, 6.45) is 2.84. The molecule has 0 spiro atoms. The molecule has 162 valence electrons. The van der Waals surface area contributed by atoms with Gasteiger partial charge in [0.2, 0.25) is 5.91 Å². The lowest BCUT2D eigenvalue weighted by Crippen LogP contribution is -2.40. The van der Waals surface area contributed by atoms with Crippen LogP contribution < -0.4 is 4.74 Å². The van der Waals surface area contributed by atoms with Crippen LogP contribution in [0.4, 0.5) is 0 Å². The Hall–Kier alpha value is -3.08. The van der Waals surface area contributed by atoms with E-state index in [0.717, 1.165) is 28.3 Å². The molecule has 0 radical (unpaired) electrons. The minimum absolute atomic E-state index is 0.174. The van der Waals surface area contributed by atoms with E-state index in [1.165, 1.54) is 18.4 Å². The number of hydrogen-bond acceptors (Lipinski definition) is 4. The zero-order valence-corrected chi connectivity index (χ0v) is 18.5. The van der Waals surface area contributed by atoms with E-state index in [1.54, 1.807) is 0 Å². The second-order valence-electron chi connectivity index (χ2n) is 8.50. The first-order valence-electron chi connectivity index (χ1n) is 11.0. The Labute approximate surface area is 184 Å². The minimum atomic E-state index is 0.174. The number of nitrogens with zero attached hydrogens (tertiary/aromatic N) is 2. The lowest BCUT2D eigenvalue weighted by molar-refractivity contribution is -0.133. The highest BCUT2D eigenvalue weighted by Crippen LogP contribution is 2.36. The number of ether oxygens (including phenoxy) is 1. The number of amides is 1. The van der Waals surface area contributed by atoms with Crippen molar-refractivity contribution in [3.8, 4) is 5.75 Å². The molecule has 4 rings (SSSR count). The molecular weight excluding hydrogens is 388 g/mol. The molecule has 1 atom stereocenters. The maximum absolute atomic E-state index is 13.2. The van der Waals surface area contributed by atoms with Gasteiger partial charge >= 0.3 is 0 Å². The fraction of sp³-hybridized carbons (Fsp3) is 0.385. The summed E-state index contributed by atoms with van der Waals surface area (Å²) < 4.78 is 11.1. The molecule has 5 heteroatoms. The standard InChI is InChI=1S/C26H30N2O3/c1-18-25(20(3)31-27-18)17-30-24-13-9-21(10-14-24)15-26(29)28(19(2)23-11-12-23)16-22-7-5-4-6-8-22/h4-10,13-14,19,23H,11-12,15-17H2,1-3H3. The van der Waals surface area contributed by atoms with Gasteiger partial charge < -0.3 is 14.2 Å². The topological polar surface area (TPSA) is 55.6 Å². The third kappa shape index (κ3) is 5.35. The average Bonchev–Trinajstić information content (AvgIpc) is 3.58. The van der Waals surface area contributed by atoms with Crippen LogP contribution in [0.15, 0.2) is 59.1 Å². The molecule has 1 heterocycles. The molecule has 0 bridgehead atoms. The van der Waals surface area contributed by atoms with Crippen molar-refractivity contribution < 1.29 is 14.1 Å². The first-order valence-corrected chi connectivity index (χ1v) is 11.0. The van der Waals surface area contributed by atoms with Gasteiger partial charge in [-0.05, 0) is 62.8 Å². The molecule has 0 aliphatic heterocycles. The Kier molecular flexibility index (Phi) is 6.40. The zero-order chi connectivity index (χ0) is 21.8. The quantitative estimate of drug-likeness (QED) is 0.477.